The molecule has 1 saturated heterocycles. The normalized spacial score (nSPS) is 19.3. The zero-order valence-corrected chi connectivity index (χ0v) is 20.7. The zero-order chi connectivity index (χ0) is 25.4. The Bertz CT molecular complexity index is 1020. The molecule has 2 aromatic heterocycles. The van der Waals surface area contributed by atoms with Crippen LogP contribution in [-0.2, 0) is 9.47 Å². The lowest BCUT2D eigenvalue weighted by Gasteiger charge is -2.24. The average Bonchev–Trinajstić information content (AvgIpc) is 2.88. The van der Waals surface area contributed by atoms with Crippen molar-refractivity contribution in [3.63, 3.8) is 0 Å². The fraction of sp³-hybridized carbons (Fsp3) is 0.560. The van der Waals surface area contributed by atoms with Gasteiger partial charge in [-0.3, -0.25) is 4.74 Å². The first-order chi connectivity index (χ1) is 17.4. The molecule has 2 aromatic rings. The van der Waals surface area contributed by atoms with Crippen LogP contribution >= 0.6 is 11.6 Å². The number of aliphatic imine (C=N–C) groups is 1. The number of pyridine rings is 2. The number of aromatic nitrogens is 2. The van der Waals surface area contributed by atoms with Crippen LogP contribution in [0.5, 0.6) is 0 Å². The largest absolute Gasteiger partial charge is 0.522 e. The van der Waals surface area contributed by atoms with Crippen LogP contribution in [0.2, 0.25) is 5.02 Å². The molecule has 11 heteroatoms. The third kappa shape index (κ3) is 8.40. The van der Waals surface area contributed by atoms with E-state index in [1.54, 1.807) is 6.20 Å². The van der Waals surface area contributed by atoms with E-state index < -0.39 is 13.0 Å². The molecule has 1 aliphatic heterocycles. The standard InChI is InChI=1S/C25H31ClF3N5O2/c26-21-16-32-24(33-19-6-4-18(5-7-19)30-10-13-36-25(27,28)29)14-20(21)22-2-1-3-23(34-22)31-15-17-8-11-35-12-9-17/h1-3,14,16-18,30H,4-13,15H2,(H,31,34). The molecule has 2 fully saturated rings. The zero-order valence-electron chi connectivity index (χ0n) is 20.0. The van der Waals surface area contributed by atoms with E-state index in [-0.39, 0.29) is 12.6 Å². The maximum Gasteiger partial charge on any atom is 0.522 e. The van der Waals surface area contributed by atoms with E-state index in [2.05, 4.69) is 20.4 Å². The average molecular weight is 526 g/mol. The number of ether oxygens (including phenoxy) is 2. The Morgan fingerprint density at radius 1 is 1.14 bits per heavy atom. The van der Waals surface area contributed by atoms with E-state index in [1.165, 1.54) is 0 Å². The summed E-state index contributed by atoms with van der Waals surface area (Å²) in [5, 5.41) is 7.05. The molecule has 0 radical (unpaired) electrons. The summed E-state index contributed by atoms with van der Waals surface area (Å²) in [6, 6.07) is 7.80. The summed E-state index contributed by atoms with van der Waals surface area (Å²) in [6.45, 7) is 2.25. The molecule has 4 rings (SSSR count). The Morgan fingerprint density at radius 3 is 2.67 bits per heavy atom. The molecular weight excluding hydrogens is 495 g/mol. The van der Waals surface area contributed by atoms with Crippen molar-refractivity contribution in [1.29, 1.82) is 0 Å². The van der Waals surface area contributed by atoms with Gasteiger partial charge in [-0.2, -0.15) is 0 Å². The first-order valence-corrected chi connectivity index (χ1v) is 12.7. The molecule has 0 spiro atoms. The number of nitrogens with zero attached hydrogens (tertiary/aromatic N) is 3. The molecule has 2 aliphatic rings. The maximum absolute atomic E-state index is 12.1. The predicted octanol–water partition coefficient (Wildman–Crippen LogP) is 5.78. The lowest BCUT2D eigenvalue weighted by atomic mass is 9.93. The van der Waals surface area contributed by atoms with Crippen molar-refractivity contribution in [2.45, 2.75) is 50.9 Å². The van der Waals surface area contributed by atoms with Crippen LogP contribution in [0.25, 0.3) is 11.3 Å². The molecule has 0 atom stereocenters. The van der Waals surface area contributed by atoms with Crippen LogP contribution in [0.1, 0.15) is 38.5 Å². The van der Waals surface area contributed by atoms with E-state index in [9.17, 15) is 13.2 Å². The quantitative estimate of drug-likeness (QED) is 0.404. The summed E-state index contributed by atoms with van der Waals surface area (Å²) in [6.07, 6.45) is 2.21. The molecule has 196 valence electrons. The van der Waals surface area contributed by atoms with E-state index in [1.807, 2.05) is 24.3 Å². The first-order valence-electron chi connectivity index (χ1n) is 12.3. The summed E-state index contributed by atoms with van der Waals surface area (Å²) < 4.78 is 45.5. The molecule has 1 aliphatic carbocycles. The highest BCUT2D eigenvalue weighted by Crippen LogP contribution is 2.30. The molecule has 0 unspecified atom stereocenters. The fourth-order valence-corrected chi connectivity index (χ4v) is 4.63. The molecule has 1 saturated carbocycles. The topological polar surface area (TPSA) is 80.7 Å². The Hall–Kier alpha value is -2.27. The minimum Gasteiger partial charge on any atom is -0.381 e. The molecular formula is C25H31ClF3N5O2. The van der Waals surface area contributed by atoms with Crippen LogP contribution in [0.4, 0.5) is 24.8 Å². The first kappa shape index (κ1) is 26.8. The van der Waals surface area contributed by atoms with Gasteiger partial charge in [0.15, 0.2) is 5.82 Å². The van der Waals surface area contributed by atoms with Gasteiger partial charge >= 0.3 is 6.36 Å². The second-order valence-electron chi connectivity index (χ2n) is 9.07. The number of halogens is 4. The van der Waals surface area contributed by atoms with Gasteiger partial charge in [-0.05, 0) is 62.6 Å². The second kappa shape index (κ2) is 12.8. The van der Waals surface area contributed by atoms with Crippen LogP contribution in [-0.4, -0.2) is 61.0 Å². The smallest absolute Gasteiger partial charge is 0.381 e. The van der Waals surface area contributed by atoms with Crippen molar-refractivity contribution in [2.24, 2.45) is 10.9 Å². The van der Waals surface area contributed by atoms with Crippen LogP contribution in [0.15, 0.2) is 35.5 Å². The van der Waals surface area contributed by atoms with E-state index in [0.717, 1.165) is 81.1 Å². The lowest BCUT2D eigenvalue weighted by Crippen LogP contribution is -2.36. The lowest BCUT2D eigenvalue weighted by molar-refractivity contribution is -0.323. The SMILES string of the molecule is FC(F)(F)OCCNC1CCC(=Nc2cc(-c3cccc(NCC4CCOCC4)n3)c(Cl)cn2)CC1. The molecule has 0 bridgehead atoms. The number of anilines is 1. The summed E-state index contributed by atoms with van der Waals surface area (Å²) in [7, 11) is 0. The van der Waals surface area contributed by atoms with Crippen LogP contribution < -0.4 is 10.6 Å². The van der Waals surface area contributed by atoms with Gasteiger partial charge in [0.05, 0.1) is 17.3 Å². The predicted molar refractivity (Wildman–Crippen MR) is 134 cm³/mol. The second-order valence-corrected chi connectivity index (χ2v) is 9.47. The van der Waals surface area contributed by atoms with Gasteiger partial charge in [-0.1, -0.05) is 17.7 Å². The maximum atomic E-state index is 12.1. The van der Waals surface area contributed by atoms with Crippen LogP contribution in [0.3, 0.4) is 0 Å². The number of alkyl halides is 3. The number of hydrogen-bond acceptors (Lipinski definition) is 7. The van der Waals surface area contributed by atoms with Gasteiger partial charge in [0.1, 0.15) is 5.82 Å². The molecule has 2 N–H and O–H groups in total. The highest BCUT2D eigenvalue weighted by atomic mass is 35.5. The van der Waals surface area contributed by atoms with Gasteiger partial charge in [-0.25, -0.2) is 15.0 Å². The Labute approximate surface area is 213 Å². The number of hydrogen-bond donors (Lipinski definition) is 2. The summed E-state index contributed by atoms with van der Waals surface area (Å²) in [5.74, 6) is 1.94. The highest BCUT2D eigenvalue weighted by molar-refractivity contribution is 6.33. The van der Waals surface area contributed by atoms with Gasteiger partial charge in [0.25, 0.3) is 0 Å². The third-order valence-electron chi connectivity index (χ3n) is 6.41. The fourth-order valence-electron chi connectivity index (χ4n) is 4.43. The Morgan fingerprint density at radius 2 is 1.92 bits per heavy atom. The molecule has 7 nitrogen and oxygen atoms in total. The van der Waals surface area contributed by atoms with Gasteiger partial charge in [0, 0.05) is 49.8 Å². The Kier molecular flexibility index (Phi) is 9.53. The van der Waals surface area contributed by atoms with Crippen molar-refractivity contribution >= 4 is 28.9 Å². The van der Waals surface area contributed by atoms with Crippen molar-refractivity contribution in [1.82, 2.24) is 15.3 Å². The molecule has 0 amide bonds. The van der Waals surface area contributed by atoms with Crippen molar-refractivity contribution in [2.75, 3.05) is 38.2 Å². The van der Waals surface area contributed by atoms with Crippen molar-refractivity contribution in [3.8, 4) is 11.3 Å². The van der Waals surface area contributed by atoms with E-state index in [0.29, 0.717) is 16.8 Å². The minimum absolute atomic E-state index is 0.148. The third-order valence-corrected chi connectivity index (χ3v) is 6.72. The van der Waals surface area contributed by atoms with Gasteiger partial charge < -0.3 is 15.4 Å². The van der Waals surface area contributed by atoms with Crippen LogP contribution in [0, 0.1) is 5.92 Å². The van der Waals surface area contributed by atoms with Gasteiger partial charge in [-0.15, -0.1) is 13.2 Å². The monoisotopic (exact) mass is 525 g/mol. The molecule has 36 heavy (non-hydrogen) atoms. The Balaban J connectivity index is 1.33. The van der Waals surface area contributed by atoms with E-state index >= 15 is 0 Å². The summed E-state index contributed by atoms with van der Waals surface area (Å²) >= 11 is 6.46. The summed E-state index contributed by atoms with van der Waals surface area (Å²) in [4.78, 5) is 13.8. The van der Waals surface area contributed by atoms with E-state index in [4.69, 9.17) is 26.3 Å². The van der Waals surface area contributed by atoms with Crippen molar-refractivity contribution < 1.29 is 22.6 Å². The number of rotatable bonds is 9. The molecule has 3 heterocycles. The van der Waals surface area contributed by atoms with Gasteiger partial charge in [0.2, 0.25) is 0 Å². The molecule has 0 aromatic carbocycles. The minimum atomic E-state index is -4.59. The summed E-state index contributed by atoms with van der Waals surface area (Å²) in [5.41, 5.74) is 2.52. The van der Waals surface area contributed by atoms with Crippen molar-refractivity contribution in [3.05, 3.63) is 35.5 Å². The highest BCUT2D eigenvalue weighted by Gasteiger charge is 2.28. The number of nitrogens with one attached hydrogen (secondary N) is 2.